The molecule has 7 nitrogen and oxygen atoms in total. The second-order valence-corrected chi connectivity index (χ2v) is 4.98. The fourth-order valence-corrected chi connectivity index (χ4v) is 2.07. The quantitative estimate of drug-likeness (QED) is 0.371. The molecular formula is C13H16N4O3S. The van der Waals surface area contributed by atoms with E-state index in [0.717, 1.165) is 19.4 Å². The summed E-state index contributed by atoms with van der Waals surface area (Å²) in [5.41, 5.74) is 3.32. The lowest BCUT2D eigenvalue weighted by Crippen LogP contribution is -2.37. The molecule has 1 aliphatic heterocycles. The first-order valence-corrected chi connectivity index (χ1v) is 6.99. The summed E-state index contributed by atoms with van der Waals surface area (Å²) < 4.78 is 5.46. The highest BCUT2D eigenvalue weighted by Gasteiger charge is 2.14. The maximum absolute atomic E-state index is 10.6. The zero-order chi connectivity index (χ0) is 15.1. The number of nitro benzene ring substituents is 1. The molecule has 1 heterocycles. The van der Waals surface area contributed by atoms with Crippen LogP contribution in [0.4, 0.5) is 5.69 Å². The van der Waals surface area contributed by atoms with Gasteiger partial charge in [-0.05, 0) is 25.1 Å². The number of hydrazone groups is 1. The van der Waals surface area contributed by atoms with E-state index in [1.807, 2.05) is 0 Å². The first kappa shape index (κ1) is 15.3. The van der Waals surface area contributed by atoms with Gasteiger partial charge in [-0.1, -0.05) is 12.1 Å². The van der Waals surface area contributed by atoms with Crippen molar-refractivity contribution in [2.75, 3.05) is 13.2 Å². The molecule has 2 rings (SSSR count). The van der Waals surface area contributed by atoms with Crippen LogP contribution < -0.4 is 10.7 Å². The van der Waals surface area contributed by atoms with Crippen LogP contribution >= 0.6 is 12.2 Å². The van der Waals surface area contributed by atoms with E-state index in [4.69, 9.17) is 17.0 Å². The maximum atomic E-state index is 10.6. The molecule has 112 valence electrons. The Balaban J connectivity index is 1.77. The number of nitrogens with one attached hydrogen (secondary N) is 2. The Morgan fingerprint density at radius 2 is 2.48 bits per heavy atom. The van der Waals surface area contributed by atoms with Crippen molar-refractivity contribution in [2.45, 2.75) is 18.9 Å². The van der Waals surface area contributed by atoms with E-state index in [0.29, 0.717) is 17.2 Å². The lowest BCUT2D eigenvalue weighted by molar-refractivity contribution is -0.384. The van der Waals surface area contributed by atoms with Crippen LogP contribution in [-0.4, -0.2) is 35.5 Å². The van der Waals surface area contributed by atoms with Crippen LogP contribution in [0.25, 0.3) is 0 Å². The molecule has 0 saturated carbocycles. The number of nitro groups is 1. The van der Waals surface area contributed by atoms with Gasteiger partial charge in [0.05, 0.1) is 17.2 Å². The van der Waals surface area contributed by atoms with E-state index in [1.54, 1.807) is 12.1 Å². The van der Waals surface area contributed by atoms with Gasteiger partial charge in [0.1, 0.15) is 0 Å². The molecule has 0 radical (unpaired) electrons. The van der Waals surface area contributed by atoms with Crippen molar-refractivity contribution in [1.29, 1.82) is 0 Å². The second kappa shape index (κ2) is 7.65. The third kappa shape index (κ3) is 5.09. The molecule has 1 saturated heterocycles. The van der Waals surface area contributed by atoms with Gasteiger partial charge in [0.2, 0.25) is 0 Å². The molecule has 0 bridgehead atoms. The van der Waals surface area contributed by atoms with E-state index >= 15 is 0 Å². The average Bonchev–Trinajstić information content (AvgIpc) is 2.99. The largest absolute Gasteiger partial charge is 0.376 e. The zero-order valence-electron chi connectivity index (χ0n) is 11.3. The Kier molecular flexibility index (Phi) is 5.59. The molecule has 1 aromatic rings. The number of thiocarbonyl (C=S) groups is 1. The summed E-state index contributed by atoms with van der Waals surface area (Å²) in [5.74, 6) is 0. The SMILES string of the molecule is O=[N+]([O-])c1cccc(/C=N/NC(=S)NCC2CCCO2)c1. The molecule has 1 fully saturated rings. The predicted molar refractivity (Wildman–Crippen MR) is 83.4 cm³/mol. The number of hydrogen-bond acceptors (Lipinski definition) is 5. The van der Waals surface area contributed by atoms with Gasteiger partial charge in [-0.2, -0.15) is 5.10 Å². The van der Waals surface area contributed by atoms with Crippen molar-refractivity contribution in [3.05, 3.63) is 39.9 Å². The lowest BCUT2D eigenvalue weighted by atomic mass is 10.2. The number of non-ortho nitro benzene ring substituents is 1. The monoisotopic (exact) mass is 308 g/mol. The van der Waals surface area contributed by atoms with E-state index in [-0.39, 0.29) is 11.8 Å². The first-order valence-electron chi connectivity index (χ1n) is 6.58. The normalized spacial score (nSPS) is 17.8. The van der Waals surface area contributed by atoms with Crippen LogP contribution in [0.2, 0.25) is 0 Å². The minimum absolute atomic E-state index is 0.0260. The Hall–Kier alpha value is -2.06. The standard InChI is InChI=1S/C13H16N4O3S/c18-17(19)11-4-1-3-10(7-11)8-15-16-13(21)14-9-12-5-2-6-20-12/h1,3-4,7-8,12H,2,5-6,9H2,(H2,14,16,21)/b15-8+. The van der Waals surface area contributed by atoms with E-state index < -0.39 is 4.92 Å². The van der Waals surface area contributed by atoms with Crippen molar-refractivity contribution < 1.29 is 9.66 Å². The number of rotatable bonds is 5. The van der Waals surface area contributed by atoms with Gasteiger partial charge in [0, 0.05) is 30.8 Å². The summed E-state index contributed by atoms with van der Waals surface area (Å²) in [6, 6.07) is 6.20. The summed E-state index contributed by atoms with van der Waals surface area (Å²) >= 11 is 5.07. The molecule has 0 aromatic heterocycles. The van der Waals surface area contributed by atoms with Gasteiger partial charge in [0.25, 0.3) is 5.69 Å². The van der Waals surface area contributed by atoms with Crippen molar-refractivity contribution in [3.63, 3.8) is 0 Å². The Bertz CT molecular complexity index is 544. The molecule has 1 unspecified atom stereocenters. The van der Waals surface area contributed by atoms with Gasteiger partial charge in [-0.3, -0.25) is 15.5 Å². The zero-order valence-corrected chi connectivity index (χ0v) is 12.1. The molecule has 1 atom stereocenters. The Morgan fingerprint density at radius 3 is 3.19 bits per heavy atom. The highest BCUT2D eigenvalue weighted by atomic mass is 32.1. The van der Waals surface area contributed by atoms with Gasteiger partial charge in [-0.15, -0.1) is 0 Å². The molecule has 1 aromatic carbocycles. The van der Waals surface area contributed by atoms with Crippen molar-refractivity contribution in [2.24, 2.45) is 5.10 Å². The minimum Gasteiger partial charge on any atom is -0.376 e. The summed E-state index contributed by atoms with van der Waals surface area (Å²) in [6.45, 7) is 1.45. The fraction of sp³-hybridized carbons (Fsp3) is 0.385. The van der Waals surface area contributed by atoms with Gasteiger partial charge in [0.15, 0.2) is 5.11 Å². The average molecular weight is 308 g/mol. The maximum Gasteiger partial charge on any atom is 0.270 e. The molecule has 2 N–H and O–H groups in total. The third-order valence-corrected chi connectivity index (χ3v) is 3.21. The van der Waals surface area contributed by atoms with Crippen LogP contribution in [0, 0.1) is 10.1 Å². The number of hydrogen-bond donors (Lipinski definition) is 2. The van der Waals surface area contributed by atoms with Crippen molar-refractivity contribution in [3.8, 4) is 0 Å². The van der Waals surface area contributed by atoms with E-state index in [9.17, 15) is 10.1 Å². The van der Waals surface area contributed by atoms with Crippen LogP contribution in [0.15, 0.2) is 29.4 Å². The lowest BCUT2D eigenvalue weighted by Gasteiger charge is -2.11. The molecule has 0 aliphatic carbocycles. The molecule has 0 amide bonds. The summed E-state index contributed by atoms with van der Waals surface area (Å²) in [4.78, 5) is 10.2. The van der Waals surface area contributed by atoms with E-state index in [1.165, 1.54) is 18.3 Å². The van der Waals surface area contributed by atoms with Crippen LogP contribution in [0.3, 0.4) is 0 Å². The van der Waals surface area contributed by atoms with Crippen LogP contribution in [0.5, 0.6) is 0 Å². The summed E-state index contributed by atoms with van der Waals surface area (Å²) in [5, 5.41) is 18.0. The first-order chi connectivity index (χ1) is 10.1. The summed E-state index contributed by atoms with van der Waals surface area (Å²) in [6.07, 6.45) is 3.79. The Labute approximate surface area is 127 Å². The second-order valence-electron chi connectivity index (χ2n) is 4.57. The van der Waals surface area contributed by atoms with Crippen molar-refractivity contribution >= 4 is 29.2 Å². The van der Waals surface area contributed by atoms with Crippen molar-refractivity contribution in [1.82, 2.24) is 10.7 Å². The fourth-order valence-electron chi connectivity index (χ4n) is 1.94. The molecule has 0 spiro atoms. The smallest absolute Gasteiger partial charge is 0.270 e. The van der Waals surface area contributed by atoms with Crippen LogP contribution in [0.1, 0.15) is 18.4 Å². The summed E-state index contributed by atoms with van der Waals surface area (Å²) in [7, 11) is 0. The van der Waals surface area contributed by atoms with E-state index in [2.05, 4.69) is 15.8 Å². The molecule has 8 heteroatoms. The number of nitrogens with zero attached hydrogens (tertiary/aromatic N) is 2. The molecular weight excluding hydrogens is 292 g/mol. The predicted octanol–water partition coefficient (Wildman–Crippen LogP) is 1.57. The topological polar surface area (TPSA) is 88.8 Å². The van der Waals surface area contributed by atoms with Gasteiger partial charge < -0.3 is 10.1 Å². The third-order valence-electron chi connectivity index (χ3n) is 2.98. The molecule has 21 heavy (non-hydrogen) atoms. The molecule has 1 aliphatic rings. The highest BCUT2D eigenvalue weighted by Crippen LogP contribution is 2.11. The minimum atomic E-state index is -0.446. The Morgan fingerprint density at radius 1 is 1.62 bits per heavy atom. The number of benzene rings is 1. The van der Waals surface area contributed by atoms with Gasteiger partial charge >= 0.3 is 0 Å². The number of ether oxygens (including phenoxy) is 1. The van der Waals surface area contributed by atoms with Crippen LogP contribution in [-0.2, 0) is 4.74 Å². The van der Waals surface area contributed by atoms with Gasteiger partial charge in [-0.25, -0.2) is 0 Å². The highest BCUT2D eigenvalue weighted by molar-refractivity contribution is 7.80.